The molecule has 1 atom stereocenters. The van der Waals surface area contributed by atoms with Crippen LogP contribution in [0, 0.1) is 0 Å². The third kappa shape index (κ3) is 3.57. The van der Waals surface area contributed by atoms with Gasteiger partial charge in [0.25, 0.3) is 10.2 Å². The number of amides is 1. The van der Waals surface area contributed by atoms with E-state index in [1.54, 1.807) is 0 Å². The van der Waals surface area contributed by atoms with Gasteiger partial charge >= 0.3 is 0 Å². The van der Waals surface area contributed by atoms with E-state index in [-0.39, 0.29) is 11.9 Å². The van der Waals surface area contributed by atoms with E-state index >= 15 is 0 Å². The Balaban J connectivity index is 2.00. The Kier molecular flexibility index (Phi) is 5.14. The lowest BCUT2D eigenvalue weighted by atomic mass is 10.1. The lowest BCUT2D eigenvalue weighted by molar-refractivity contribution is -0.117. The molecule has 1 amide bonds. The van der Waals surface area contributed by atoms with Gasteiger partial charge in [-0.05, 0) is 18.9 Å². The van der Waals surface area contributed by atoms with E-state index in [4.69, 9.17) is 4.74 Å². The average Bonchev–Trinajstić information content (AvgIpc) is 2.48. The highest BCUT2D eigenvalue weighted by Crippen LogP contribution is 2.18. The van der Waals surface area contributed by atoms with Gasteiger partial charge in [-0.3, -0.25) is 4.79 Å². The van der Waals surface area contributed by atoms with Crippen LogP contribution in [0.15, 0.2) is 12.7 Å². The Bertz CT molecular complexity index is 459. The summed E-state index contributed by atoms with van der Waals surface area (Å²) < 4.78 is 33.1. The summed E-state index contributed by atoms with van der Waals surface area (Å²) in [6.07, 6.45) is 2.73. The minimum Gasteiger partial charge on any atom is -0.379 e. The van der Waals surface area contributed by atoms with Crippen molar-refractivity contribution in [3.8, 4) is 0 Å². The van der Waals surface area contributed by atoms with Crippen LogP contribution in [-0.4, -0.2) is 68.4 Å². The number of rotatable bonds is 4. The minimum absolute atomic E-state index is 0.148. The summed E-state index contributed by atoms with van der Waals surface area (Å²) >= 11 is 0. The SMILES string of the molecule is C=CC(=O)N[C@@H]1CCCN(S(=O)(=O)N2CCOCC2)C1. The van der Waals surface area contributed by atoms with Crippen LogP contribution in [0.3, 0.4) is 0 Å². The van der Waals surface area contributed by atoms with Gasteiger partial charge in [-0.25, -0.2) is 0 Å². The number of carbonyl (C=O) groups is 1. The molecule has 2 aliphatic rings. The summed E-state index contributed by atoms with van der Waals surface area (Å²) in [6, 6.07) is -0.148. The second kappa shape index (κ2) is 6.66. The maximum Gasteiger partial charge on any atom is 0.282 e. The molecule has 7 nitrogen and oxygen atoms in total. The predicted molar refractivity (Wildman–Crippen MR) is 74.2 cm³/mol. The number of hydrogen-bond acceptors (Lipinski definition) is 4. The molecule has 2 heterocycles. The van der Waals surface area contributed by atoms with E-state index in [9.17, 15) is 13.2 Å². The molecule has 2 rings (SSSR count). The monoisotopic (exact) mass is 303 g/mol. The lowest BCUT2D eigenvalue weighted by Gasteiger charge is -2.36. The molecule has 0 aromatic carbocycles. The molecule has 0 aliphatic carbocycles. The molecule has 2 fully saturated rings. The predicted octanol–water partition coefficient (Wildman–Crippen LogP) is -0.670. The van der Waals surface area contributed by atoms with E-state index in [1.165, 1.54) is 14.7 Å². The van der Waals surface area contributed by atoms with Crippen molar-refractivity contribution >= 4 is 16.1 Å². The van der Waals surface area contributed by atoms with Gasteiger partial charge in [-0.2, -0.15) is 17.0 Å². The molecule has 8 heteroatoms. The van der Waals surface area contributed by atoms with Crippen LogP contribution < -0.4 is 5.32 Å². The third-order valence-corrected chi connectivity index (χ3v) is 5.54. The van der Waals surface area contributed by atoms with Crippen molar-refractivity contribution < 1.29 is 17.9 Å². The molecule has 0 unspecified atom stereocenters. The Labute approximate surface area is 119 Å². The van der Waals surface area contributed by atoms with Crippen LogP contribution in [0.1, 0.15) is 12.8 Å². The lowest BCUT2D eigenvalue weighted by Crippen LogP contribution is -2.54. The molecule has 0 radical (unpaired) electrons. The highest BCUT2D eigenvalue weighted by molar-refractivity contribution is 7.86. The number of hydrogen-bond donors (Lipinski definition) is 1. The van der Waals surface area contributed by atoms with Gasteiger partial charge in [0.2, 0.25) is 5.91 Å². The molecule has 0 bridgehead atoms. The zero-order valence-corrected chi connectivity index (χ0v) is 12.3. The number of carbonyl (C=O) groups excluding carboxylic acids is 1. The van der Waals surface area contributed by atoms with Crippen molar-refractivity contribution in [2.75, 3.05) is 39.4 Å². The Morgan fingerprint density at radius 2 is 1.95 bits per heavy atom. The van der Waals surface area contributed by atoms with Crippen LogP contribution in [0.4, 0.5) is 0 Å². The van der Waals surface area contributed by atoms with Crippen molar-refractivity contribution in [3.05, 3.63) is 12.7 Å². The summed E-state index contributed by atoms with van der Waals surface area (Å²) in [4.78, 5) is 11.3. The Morgan fingerprint density at radius 1 is 1.25 bits per heavy atom. The van der Waals surface area contributed by atoms with Gasteiger partial charge in [-0.1, -0.05) is 6.58 Å². The van der Waals surface area contributed by atoms with Crippen LogP contribution in [0.25, 0.3) is 0 Å². The first-order valence-corrected chi connectivity index (χ1v) is 8.19. The molecule has 0 spiro atoms. The van der Waals surface area contributed by atoms with Gasteiger partial charge in [-0.15, -0.1) is 0 Å². The zero-order chi connectivity index (χ0) is 14.6. The van der Waals surface area contributed by atoms with Crippen LogP contribution in [0.5, 0.6) is 0 Å². The maximum absolute atomic E-state index is 12.5. The highest BCUT2D eigenvalue weighted by Gasteiger charge is 2.34. The Hall–Kier alpha value is -0.960. The van der Waals surface area contributed by atoms with E-state index in [2.05, 4.69) is 11.9 Å². The number of nitrogens with one attached hydrogen (secondary N) is 1. The topological polar surface area (TPSA) is 79.0 Å². The fraction of sp³-hybridized carbons (Fsp3) is 0.750. The molecule has 1 N–H and O–H groups in total. The molecule has 0 aromatic rings. The largest absolute Gasteiger partial charge is 0.379 e. The highest BCUT2D eigenvalue weighted by atomic mass is 32.2. The molecular weight excluding hydrogens is 282 g/mol. The average molecular weight is 303 g/mol. The first kappa shape index (κ1) is 15.4. The van der Waals surface area contributed by atoms with Crippen molar-refractivity contribution in [2.24, 2.45) is 0 Å². The maximum atomic E-state index is 12.5. The molecule has 114 valence electrons. The number of piperidine rings is 1. The fourth-order valence-corrected chi connectivity index (χ4v) is 4.14. The number of ether oxygens (including phenoxy) is 1. The van der Waals surface area contributed by atoms with Crippen LogP contribution >= 0.6 is 0 Å². The van der Waals surface area contributed by atoms with Gasteiger partial charge in [0.05, 0.1) is 13.2 Å². The summed E-state index contributed by atoms with van der Waals surface area (Å²) in [7, 11) is -3.45. The summed E-state index contributed by atoms with van der Waals surface area (Å²) in [5.74, 6) is -0.263. The zero-order valence-electron chi connectivity index (χ0n) is 11.5. The van der Waals surface area contributed by atoms with Crippen molar-refractivity contribution in [1.29, 1.82) is 0 Å². The standard InChI is InChI=1S/C12H21N3O4S/c1-2-12(16)13-11-4-3-5-15(10-11)20(17,18)14-6-8-19-9-7-14/h2,11H,1,3-10H2,(H,13,16)/t11-/m1/s1. The summed E-state index contributed by atoms with van der Waals surface area (Å²) in [5, 5.41) is 2.77. The molecule has 2 saturated heterocycles. The second-order valence-electron chi connectivity index (χ2n) is 4.93. The molecule has 0 aromatic heterocycles. The quantitative estimate of drug-likeness (QED) is 0.699. The van der Waals surface area contributed by atoms with Crippen molar-refractivity contribution in [1.82, 2.24) is 13.9 Å². The molecular formula is C12H21N3O4S. The van der Waals surface area contributed by atoms with Crippen molar-refractivity contribution in [3.63, 3.8) is 0 Å². The molecule has 20 heavy (non-hydrogen) atoms. The normalized spacial score (nSPS) is 26.1. The van der Waals surface area contributed by atoms with Crippen molar-refractivity contribution in [2.45, 2.75) is 18.9 Å². The summed E-state index contributed by atoms with van der Waals surface area (Å²) in [6.45, 7) is 5.87. The van der Waals surface area contributed by atoms with E-state index in [0.29, 0.717) is 39.4 Å². The molecule has 2 aliphatic heterocycles. The van der Waals surface area contributed by atoms with E-state index in [0.717, 1.165) is 12.8 Å². The van der Waals surface area contributed by atoms with Gasteiger partial charge in [0.1, 0.15) is 0 Å². The van der Waals surface area contributed by atoms with Gasteiger partial charge < -0.3 is 10.1 Å². The van der Waals surface area contributed by atoms with Gasteiger partial charge in [0.15, 0.2) is 0 Å². The first-order valence-electron chi connectivity index (χ1n) is 6.80. The number of morpholine rings is 1. The second-order valence-corrected chi connectivity index (χ2v) is 6.86. The molecule has 0 saturated carbocycles. The van der Waals surface area contributed by atoms with Crippen LogP contribution in [0.2, 0.25) is 0 Å². The van der Waals surface area contributed by atoms with Gasteiger partial charge in [0, 0.05) is 32.2 Å². The van der Waals surface area contributed by atoms with E-state index < -0.39 is 10.2 Å². The third-order valence-electron chi connectivity index (χ3n) is 3.54. The summed E-state index contributed by atoms with van der Waals surface area (Å²) in [5.41, 5.74) is 0. The number of nitrogens with zero attached hydrogens (tertiary/aromatic N) is 2. The fourth-order valence-electron chi connectivity index (χ4n) is 2.47. The van der Waals surface area contributed by atoms with E-state index in [1.807, 2.05) is 0 Å². The Morgan fingerprint density at radius 3 is 2.60 bits per heavy atom. The smallest absolute Gasteiger partial charge is 0.282 e. The first-order chi connectivity index (χ1) is 9.54. The van der Waals surface area contributed by atoms with Crippen LogP contribution in [-0.2, 0) is 19.7 Å². The minimum atomic E-state index is -3.45.